The highest BCUT2D eigenvalue weighted by molar-refractivity contribution is 4.80. The van der Waals surface area contributed by atoms with Gasteiger partial charge in [-0.15, -0.1) is 0 Å². The molecule has 2 nitrogen and oxygen atoms in total. The van der Waals surface area contributed by atoms with Gasteiger partial charge in [0.2, 0.25) is 0 Å². The molecular weight excluding hydrogens is 186 g/mol. The minimum absolute atomic E-state index is 0.850. The Bertz CT molecular complexity index is 162. The van der Waals surface area contributed by atoms with Gasteiger partial charge in [0.05, 0.1) is 0 Å². The molecule has 0 aromatic rings. The molecule has 2 heteroatoms. The minimum atomic E-state index is 0.850. The lowest BCUT2D eigenvalue weighted by molar-refractivity contribution is 0.0836. The van der Waals surface area contributed by atoms with E-state index < -0.39 is 0 Å². The van der Waals surface area contributed by atoms with E-state index in [1.807, 2.05) is 0 Å². The maximum Gasteiger partial charge on any atom is 0.0494 e. The molecule has 2 fully saturated rings. The van der Waals surface area contributed by atoms with E-state index in [9.17, 15) is 0 Å². The van der Waals surface area contributed by atoms with Crippen molar-refractivity contribution >= 4 is 0 Å². The van der Waals surface area contributed by atoms with Crippen molar-refractivity contribution in [2.24, 2.45) is 5.92 Å². The molecule has 0 aliphatic heterocycles. The molecule has 0 unspecified atom stereocenters. The lowest BCUT2D eigenvalue weighted by atomic mass is 9.90. The van der Waals surface area contributed by atoms with Crippen molar-refractivity contribution in [2.75, 3.05) is 19.8 Å². The first-order valence-corrected chi connectivity index (χ1v) is 6.76. The van der Waals surface area contributed by atoms with E-state index >= 15 is 0 Å². The van der Waals surface area contributed by atoms with Gasteiger partial charge in [-0.1, -0.05) is 19.3 Å². The predicted molar refractivity (Wildman–Crippen MR) is 63.0 cm³/mol. The second-order valence-electron chi connectivity index (χ2n) is 5.16. The SMILES string of the molecule is C1CCC(COCCCNC2CC2)CC1. The van der Waals surface area contributed by atoms with Crippen LogP contribution in [0.3, 0.4) is 0 Å². The lowest BCUT2D eigenvalue weighted by Gasteiger charge is -2.21. The summed E-state index contributed by atoms with van der Waals surface area (Å²) in [7, 11) is 0. The van der Waals surface area contributed by atoms with Gasteiger partial charge in [-0.2, -0.15) is 0 Å². The van der Waals surface area contributed by atoms with E-state index in [2.05, 4.69) is 5.32 Å². The Morgan fingerprint density at radius 2 is 1.80 bits per heavy atom. The van der Waals surface area contributed by atoms with Crippen LogP contribution in [0.5, 0.6) is 0 Å². The highest BCUT2D eigenvalue weighted by Crippen LogP contribution is 2.23. The average Bonchev–Trinajstić information content (AvgIpc) is 3.09. The fraction of sp³-hybridized carbons (Fsp3) is 1.00. The molecule has 15 heavy (non-hydrogen) atoms. The Hall–Kier alpha value is -0.0800. The van der Waals surface area contributed by atoms with Crippen LogP contribution < -0.4 is 5.32 Å². The van der Waals surface area contributed by atoms with Gasteiger partial charge in [-0.05, 0) is 44.6 Å². The van der Waals surface area contributed by atoms with E-state index in [4.69, 9.17) is 4.74 Å². The Morgan fingerprint density at radius 3 is 2.53 bits per heavy atom. The number of nitrogens with one attached hydrogen (secondary N) is 1. The van der Waals surface area contributed by atoms with Gasteiger partial charge in [0, 0.05) is 19.3 Å². The first-order valence-electron chi connectivity index (χ1n) is 6.76. The van der Waals surface area contributed by atoms with Crippen LogP contribution in [0.4, 0.5) is 0 Å². The summed E-state index contributed by atoms with van der Waals surface area (Å²) in [6, 6.07) is 0.850. The molecule has 2 aliphatic carbocycles. The number of ether oxygens (including phenoxy) is 1. The Labute approximate surface area is 93.8 Å². The third-order valence-electron chi connectivity index (χ3n) is 3.55. The summed E-state index contributed by atoms with van der Waals surface area (Å²) in [5.41, 5.74) is 0. The Morgan fingerprint density at radius 1 is 1.00 bits per heavy atom. The smallest absolute Gasteiger partial charge is 0.0494 e. The molecule has 2 saturated carbocycles. The molecule has 0 bridgehead atoms. The molecule has 1 N–H and O–H groups in total. The van der Waals surface area contributed by atoms with Gasteiger partial charge in [0.1, 0.15) is 0 Å². The second kappa shape index (κ2) is 6.49. The topological polar surface area (TPSA) is 21.3 Å². The van der Waals surface area contributed by atoms with Crippen LogP contribution >= 0.6 is 0 Å². The van der Waals surface area contributed by atoms with Crippen LogP contribution in [0, 0.1) is 5.92 Å². The zero-order valence-electron chi connectivity index (χ0n) is 9.84. The van der Waals surface area contributed by atoms with E-state index in [1.165, 1.54) is 51.4 Å². The molecule has 0 heterocycles. The van der Waals surface area contributed by atoms with Crippen LogP contribution in [-0.2, 0) is 4.74 Å². The normalized spacial score (nSPS) is 23.2. The fourth-order valence-corrected chi connectivity index (χ4v) is 2.37. The second-order valence-corrected chi connectivity index (χ2v) is 5.16. The maximum absolute atomic E-state index is 5.74. The molecular formula is C13H25NO. The van der Waals surface area contributed by atoms with Crippen molar-refractivity contribution in [1.29, 1.82) is 0 Å². The van der Waals surface area contributed by atoms with E-state index in [-0.39, 0.29) is 0 Å². The summed E-state index contributed by atoms with van der Waals surface area (Å²) < 4.78 is 5.74. The Kier molecular flexibility index (Phi) is 4.94. The molecule has 0 amide bonds. The van der Waals surface area contributed by atoms with Crippen molar-refractivity contribution in [1.82, 2.24) is 5.32 Å². The van der Waals surface area contributed by atoms with Crippen LogP contribution in [-0.4, -0.2) is 25.8 Å². The van der Waals surface area contributed by atoms with Crippen molar-refractivity contribution in [3.8, 4) is 0 Å². The van der Waals surface area contributed by atoms with Gasteiger partial charge in [0.15, 0.2) is 0 Å². The van der Waals surface area contributed by atoms with Gasteiger partial charge >= 0.3 is 0 Å². The number of hydrogen-bond donors (Lipinski definition) is 1. The summed E-state index contributed by atoms with van der Waals surface area (Å²) in [4.78, 5) is 0. The molecule has 0 saturated heterocycles. The van der Waals surface area contributed by atoms with Crippen LogP contribution in [0.2, 0.25) is 0 Å². The molecule has 0 aromatic heterocycles. The van der Waals surface area contributed by atoms with Crippen molar-refractivity contribution in [3.63, 3.8) is 0 Å². The maximum atomic E-state index is 5.74. The largest absolute Gasteiger partial charge is 0.381 e. The zero-order chi connectivity index (χ0) is 10.3. The highest BCUT2D eigenvalue weighted by Gasteiger charge is 2.19. The molecule has 0 radical (unpaired) electrons. The number of rotatable bonds is 7. The summed E-state index contributed by atoms with van der Waals surface area (Å²) in [6.07, 6.45) is 11.1. The Balaban J connectivity index is 1.37. The zero-order valence-corrected chi connectivity index (χ0v) is 9.84. The van der Waals surface area contributed by atoms with Crippen molar-refractivity contribution in [3.05, 3.63) is 0 Å². The van der Waals surface area contributed by atoms with Crippen LogP contribution in [0.1, 0.15) is 51.4 Å². The first-order chi connectivity index (χ1) is 7.45. The summed E-state index contributed by atoms with van der Waals surface area (Å²) >= 11 is 0. The predicted octanol–water partition coefficient (Wildman–Crippen LogP) is 2.73. The van der Waals surface area contributed by atoms with Gasteiger partial charge in [-0.25, -0.2) is 0 Å². The average molecular weight is 211 g/mol. The standard InChI is InChI=1S/C13H25NO/c1-2-5-12(6-3-1)11-15-10-4-9-14-13-7-8-13/h12-14H,1-11H2. The molecule has 0 aromatic carbocycles. The quantitative estimate of drug-likeness (QED) is 0.654. The van der Waals surface area contributed by atoms with Crippen LogP contribution in [0.25, 0.3) is 0 Å². The first kappa shape index (κ1) is 11.4. The minimum Gasteiger partial charge on any atom is -0.381 e. The summed E-state index contributed by atoms with van der Waals surface area (Å²) in [6.45, 7) is 3.12. The van der Waals surface area contributed by atoms with E-state index in [0.29, 0.717) is 0 Å². The third kappa shape index (κ3) is 4.98. The van der Waals surface area contributed by atoms with Gasteiger partial charge in [0.25, 0.3) is 0 Å². The third-order valence-corrected chi connectivity index (χ3v) is 3.55. The van der Waals surface area contributed by atoms with Crippen molar-refractivity contribution in [2.45, 2.75) is 57.4 Å². The monoisotopic (exact) mass is 211 g/mol. The lowest BCUT2D eigenvalue weighted by Crippen LogP contribution is -2.20. The van der Waals surface area contributed by atoms with Crippen molar-refractivity contribution < 1.29 is 4.74 Å². The molecule has 2 rings (SSSR count). The van der Waals surface area contributed by atoms with Gasteiger partial charge in [-0.3, -0.25) is 0 Å². The van der Waals surface area contributed by atoms with Crippen LogP contribution in [0.15, 0.2) is 0 Å². The van der Waals surface area contributed by atoms with Gasteiger partial charge < -0.3 is 10.1 Å². The molecule has 88 valence electrons. The molecule has 0 atom stereocenters. The summed E-state index contributed by atoms with van der Waals surface area (Å²) in [5, 5.41) is 3.52. The van der Waals surface area contributed by atoms with E-state index in [1.54, 1.807) is 0 Å². The van der Waals surface area contributed by atoms with E-state index in [0.717, 1.165) is 31.7 Å². The number of hydrogen-bond acceptors (Lipinski definition) is 2. The molecule has 0 spiro atoms. The summed E-state index contributed by atoms with van der Waals surface area (Å²) in [5.74, 6) is 0.871. The molecule has 2 aliphatic rings. The highest BCUT2D eigenvalue weighted by atomic mass is 16.5. The fourth-order valence-electron chi connectivity index (χ4n) is 2.37.